The first kappa shape index (κ1) is 13.7. The summed E-state index contributed by atoms with van der Waals surface area (Å²) in [6.45, 7) is 1.77. The molecule has 0 aliphatic rings. The number of nitro groups is 1. The van der Waals surface area contributed by atoms with E-state index in [-0.39, 0.29) is 11.5 Å². The predicted octanol–water partition coefficient (Wildman–Crippen LogP) is 2.53. The number of carbonyl (C=O) groups excluding carboxylic acids is 1. The topological polar surface area (TPSA) is 78.0 Å². The summed E-state index contributed by atoms with van der Waals surface area (Å²) in [5.74, 6) is -0.144. The van der Waals surface area contributed by atoms with Gasteiger partial charge in [-0.2, -0.15) is 5.10 Å². The number of benzene rings is 1. The second-order valence-corrected chi connectivity index (χ2v) is 4.35. The van der Waals surface area contributed by atoms with Crippen LogP contribution < -0.4 is 0 Å². The van der Waals surface area contributed by atoms with Gasteiger partial charge in [0, 0.05) is 25.4 Å². The molecule has 6 nitrogen and oxygen atoms in total. The van der Waals surface area contributed by atoms with E-state index in [1.165, 1.54) is 18.2 Å². The molecule has 0 fully saturated rings. The van der Waals surface area contributed by atoms with Crippen LogP contribution in [0.5, 0.6) is 0 Å². The zero-order valence-electron chi connectivity index (χ0n) is 11.1. The van der Waals surface area contributed by atoms with Gasteiger partial charge in [0.25, 0.3) is 5.69 Å². The number of carbonyl (C=O) groups is 1. The molecule has 0 unspecified atom stereocenters. The van der Waals surface area contributed by atoms with Crippen molar-refractivity contribution >= 4 is 17.5 Å². The minimum Gasteiger partial charge on any atom is -0.289 e. The Labute approximate surface area is 115 Å². The zero-order valence-corrected chi connectivity index (χ0v) is 11.1. The van der Waals surface area contributed by atoms with Crippen LogP contribution in [0.25, 0.3) is 6.08 Å². The second kappa shape index (κ2) is 5.48. The second-order valence-electron chi connectivity index (χ2n) is 4.35. The Hall–Kier alpha value is -2.76. The van der Waals surface area contributed by atoms with Gasteiger partial charge in [-0.1, -0.05) is 6.08 Å². The summed E-state index contributed by atoms with van der Waals surface area (Å²) in [7, 11) is 1.75. The monoisotopic (exact) mass is 271 g/mol. The van der Waals surface area contributed by atoms with Crippen LogP contribution in [0.4, 0.5) is 5.69 Å². The van der Waals surface area contributed by atoms with Crippen molar-refractivity contribution in [2.24, 2.45) is 7.05 Å². The molecule has 6 heteroatoms. The van der Waals surface area contributed by atoms with Crippen LogP contribution in [0.3, 0.4) is 0 Å². The van der Waals surface area contributed by atoms with Crippen molar-refractivity contribution in [2.45, 2.75) is 6.92 Å². The SMILES string of the molecule is Cc1nn(C)cc1C(=O)C=Cc1ccc([N+](=O)[O-])cc1. The highest BCUT2D eigenvalue weighted by molar-refractivity contribution is 6.07. The fraction of sp³-hybridized carbons (Fsp3) is 0.143. The Balaban J connectivity index is 2.15. The van der Waals surface area contributed by atoms with Gasteiger partial charge in [0.05, 0.1) is 16.2 Å². The van der Waals surface area contributed by atoms with E-state index in [0.29, 0.717) is 11.3 Å². The number of nitrogens with zero attached hydrogens (tertiary/aromatic N) is 3. The lowest BCUT2D eigenvalue weighted by Crippen LogP contribution is -1.94. The molecule has 0 amide bonds. The van der Waals surface area contributed by atoms with Crippen LogP contribution in [0.1, 0.15) is 21.6 Å². The number of rotatable bonds is 4. The molecule has 1 aromatic heterocycles. The lowest BCUT2D eigenvalue weighted by molar-refractivity contribution is -0.384. The minimum absolute atomic E-state index is 0.0246. The van der Waals surface area contributed by atoms with Crippen molar-refractivity contribution in [1.82, 2.24) is 9.78 Å². The van der Waals surface area contributed by atoms with Gasteiger partial charge in [-0.3, -0.25) is 19.6 Å². The molecule has 102 valence electrons. The molecule has 0 saturated carbocycles. The van der Waals surface area contributed by atoms with Crippen LogP contribution in [0.2, 0.25) is 0 Å². The summed E-state index contributed by atoms with van der Waals surface area (Å²) in [5.41, 5.74) is 1.97. The average Bonchev–Trinajstić information content (AvgIpc) is 2.75. The van der Waals surface area contributed by atoms with Crippen molar-refractivity contribution < 1.29 is 9.72 Å². The molecule has 0 N–H and O–H groups in total. The van der Waals surface area contributed by atoms with Crippen LogP contribution in [0, 0.1) is 17.0 Å². The van der Waals surface area contributed by atoms with Crippen LogP contribution in [-0.4, -0.2) is 20.5 Å². The fourth-order valence-electron chi connectivity index (χ4n) is 1.81. The Kier molecular flexibility index (Phi) is 3.74. The Morgan fingerprint density at radius 2 is 2.00 bits per heavy atom. The average molecular weight is 271 g/mol. The van der Waals surface area contributed by atoms with Crippen LogP contribution in [-0.2, 0) is 7.05 Å². The van der Waals surface area contributed by atoms with Gasteiger partial charge < -0.3 is 0 Å². The van der Waals surface area contributed by atoms with Crippen molar-refractivity contribution in [2.75, 3.05) is 0 Å². The van der Waals surface area contributed by atoms with E-state index in [1.54, 1.807) is 43.1 Å². The quantitative estimate of drug-likeness (QED) is 0.370. The van der Waals surface area contributed by atoms with E-state index in [1.807, 2.05) is 0 Å². The highest BCUT2D eigenvalue weighted by atomic mass is 16.6. The van der Waals surface area contributed by atoms with Crippen molar-refractivity contribution in [3.63, 3.8) is 0 Å². The predicted molar refractivity (Wildman–Crippen MR) is 74.4 cm³/mol. The molecule has 0 aliphatic carbocycles. The molecule has 1 aromatic carbocycles. The lowest BCUT2D eigenvalue weighted by atomic mass is 10.1. The third-order valence-corrected chi connectivity index (χ3v) is 2.81. The molecule has 0 atom stereocenters. The molecule has 1 heterocycles. The minimum atomic E-state index is -0.461. The van der Waals surface area contributed by atoms with Gasteiger partial charge >= 0.3 is 0 Å². The summed E-state index contributed by atoms with van der Waals surface area (Å²) in [5, 5.41) is 14.6. The smallest absolute Gasteiger partial charge is 0.269 e. The standard InChI is InChI=1S/C14H13N3O3/c1-10-13(9-16(2)15-10)14(18)8-5-11-3-6-12(7-4-11)17(19)20/h3-9H,1-2H3. The van der Waals surface area contributed by atoms with E-state index in [2.05, 4.69) is 5.10 Å². The van der Waals surface area contributed by atoms with Crippen molar-refractivity contribution in [3.8, 4) is 0 Å². The maximum atomic E-state index is 12.0. The molecule has 2 rings (SSSR count). The van der Waals surface area contributed by atoms with Gasteiger partial charge in [0.1, 0.15) is 0 Å². The number of aromatic nitrogens is 2. The molecular formula is C14H13N3O3. The molecule has 0 bridgehead atoms. The van der Waals surface area contributed by atoms with E-state index >= 15 is 0 Å². The van der Waals surface area contributed by atoms with Gasteiger partial charge in [-0.05, 0) is 30.7 Å². The van der Waals surface area contributed by atoms with Crippen LogP contribution in [0.15, 0.2) is 36.5 Å². The fourth-order valence-corrected chi connectivity index (χ4v) is 1.81. The lowest BCUT2D eigenvalue weighted by Gasteiger charge is -1.94. The number of hydrogen-bond donors (Lipinski definition) is 0. The Morgan fingerprint density at radius 1 is 1.35 bits per heavy atom. The van der Waals surface area contributed by atoms with E-state index < -0.39 is 4.92 Å². The first-order valence-corrected chi connectivity index (χ1v) is 5.94. The number of ketones is 1. The molecule has 0 radical (unpaired) electrons. The Morgan fingerprint density at radius 3 is 2.50 bits per heavy atom. The number of allylic oxidation sites excluding steroid dienone is 1. The maximum Gasteiger partial charge on any atom is 0.269 e. The van der Waals surface area contributed by atoms with Crippen molar-refractivity contribution in [1.29, 1.82) is 0 Å². The number of hydrogen-bond acceptors (Lipinski definition) is 4. The van der Waals surface area contributed by atoms with E-state index in [9.17, 15) is 14.9 Å². The maximum absolute atomic E-state index is 12.0. The summed E-state index contributed by atoms with van der Waals surface area (Å²) in [4.78, 5) is 22.0. The number of nitro benzene ring substituents is 1. The molecule has 0 saturated heterocycles. The van der Waals surface area contributed by atoms with Gasteiger partial charge in [-0.15, -0.1) is 0 Å². The number of non-ortho nitro benzene ring substituents is 1. The molecule has 0 aliphatic heterocycles. The highest BCUT2D eigenvalue weighted by Crippen LogP contribution is 2.14. The first-order valence-electron chi connectivity index (χ1n) is 5.94. The first-order chi connectivity index (χ1) is 9.47. The molecule has 0 spiro atoms. The van der Waals surface area contributed by atoms with Crippen LogP contribution >= 0.6 is 0 Å². The molecular weight excluding hydrogens is 258 g/mol. The zero-order chi connectivity index (χ0) is 14.7. The van der Waals surface area contributed by atoms with Crippen molar-refractivity contribution in [3.05, 3.63) is 63.5 Å². The van der Waals surface area contributed by atoms with E-state index in [0.717, 1.165) is 5.56 Å². The summed E-state index contributed by atoms with van der Waals surface area (Å²) >= 11 is 0. The largest absolute Gasteiger partial charge is 0.289 e. The highest BCUT2D eigenvalue weighted by Gasteiger charge is 2.09. The van der Waals surface area contributed by atoms with E-state index in [4.69, 9.17) is 0 Å². The summed E-state index contributed by atoms with van der Waals surface area (Å²) in [6, 6.07) is 6.00. The van der Waals surface area contributed by atoms with Gasteiger partial charge in [0.2, 0.25) is 0 Å². The summed E-state index contributed by atoms with van der Waals surface area (Å²) < 4.78 is 1.59. The third kappa shape index (κ3) is 2.97. The number of aryl methyl sites for hydroxylation is 2. The molecule has 2 aromatic rings. The Bertz CT molecular complexity index is 684. The van der Waals surface area contributed by atoms with Gasteiger partial charge in [-0.25, -0.2) is 0 Å². The summed E-state index contributed by atoms with van der Waals surface area (Å²) in [6.07, 6.45) is 4.72. The molecule has 20 heavy (non-hydrogen) atoms. The third-order valence-electron chi connectivity index (χ3n) is 2.81. The van der Waals surface area contributed by atoms with Gasteiger partial charge in [0.15, 0.2) is 5.78 Å². The normalized spacial score (nSPS) is 10.9.